The van der Waals surface area contributed by atoms with Crippen LogP contribution in [-0.4, -0.2) is 93.4 Å². The first kappa shape index (κ1) is 58.2. The number of unbranched alkanes of at least 4 members (excludes halogenated alkanes) is 2. The molecule has 7 bridgehead atoms. The molecule has 2 aromatic rings. The average Bonchev–Trinajstić information content (AvgIpc) is 1.76. The third-order valence-corrected chi connectivity index (χ3v) is 26.0. The van der Waals surface area contributed by atoms with Gasteiger partial charge in [-0.25, -0.2) is 0 Å². The molecule has 0 amide bonds. The van der Waals surface area contributed by atoms with Crippen molar-refractivity contribution in [3.63, 3.8) is 0 Å². The van der Waals surface area contributed by atoms with Crippen LogP contribution in [0.3, 0.4) is 0 Å². The summed E-state index contributed by atoms with van der Waals surface area (Å²) in [7, 11) is 1.93. The molecule has 2 aromatic carbocycles. The molecule has 11 heteroatoms. The van der Waals surface area contributed by atoms with Gasteiger partial charge in [0.05, 0.1) is 22.7 Å². The minimum Gasteiger partial charge on any atom is -0.508 e. The van der Waals surface area contributed by atoms with Gasteiger partial charge >= 0.3 is 0 Å². The highest BCUT2D eigenvalue weighted by Gasteiger charge is 2.78. The van der Waals surface area contributed by atoms with Crippen molar-refractivity contribution in [3.05, 3.63) is 70.3 Å². The second kappa shape index (κ2) is 21.7. The lowest BCUT2D eigenvalue weighted by Crippen LogP contribution is -2.75. The summed E-state index contributed by atoms with van der Waals surface area (Å²) in [6, 6.07) is 14.1. The molecule has 0 unspecified atom stereocenters. The van der Waals surface area contributed by atoms with Gasteiger partial charge in [-0.3, -0.25) is 9.59 Å². The lowest BCUT2D eigenvalue weighted by Gasteiger charge is -2.74. The van der Waals surface area contributed by atoms with Gasteiger partial charge in [0.25, 0.3) is 0 Å². The quantitative estimate of drug-likeness (QED) is 0.0509. The number of phenols is 1. The Labute approximate surface area is 485 Å². The molecule has 2 saturated heterocycles. The van der Waals surface area contributed by atoms with Crippen LogP contribution in [0.15, 0.2) is 53.6 Å². The maximum absolute atomic E-state index is 16.8. The zero-order valence-corrected chi connectivity index (χ0v) is 50.4. The number of phenolic OH excluding ortho intramolecular Hbond substituents is 1. The van der Waals surface area contributed by atoms with Crippen LogP contribution in [0.2, 0.25) is 0 Å². The van der Waals surface area contributed by atoms with E-state index in [2.05, 4.69) is 62.6 Å². The summed E-state index contributed by atoms with van der Waals surface area (Å²) < 4.78 is 6.90. The van der Waals surface area contributed by atoms with Crippen molar-refractivity contribution in [3.8, 4) is 5.75 Å². The number of nitrogens with two attached hydrogens (primary N) is 1. The van der Waals surface area contributed by atoms with E-state index in [1.165, 1.54) is 11.1 Å². The number of ketones is 2. The smallest absolute Gasteiger partial charge is 0.160 e. The molecule has 10 aliphatic rings. The van der Waals surface area contributed by atoms with Crippen LogP contribution >= 0.6 is 0 Å². The Morgan fingerprint density at radius 1 is 0.901 bits per heavy atom. The SMILES string of the molecule is CCCCC[C@@H]1C[C@@H]2CC[C@H](CO)C[C@H]2[C@H](C[C@@H](O)[C@H]2O[C@]2(C)[C@@H]2CCC[C@H]2c2cccc(N)c2)C2=C3CC[C@@H]4[C@]5(C)C[C@]6(c7cc(O)cc(CNC)c7)CCC[C@@]3(CC2=O)[C@]4(C[C@@H]2NC[C@@](C)(O)CCCC[C@@](C)(C6=O)[C@H]25)[C@@H]1CO. The molecule has 11 nitrogen and oxygen atoms in total. The highest BCUT2D eigenvalue weighted by molar-refractivity contribution is 6.01. The van der Waals surface area contributed by atoms with Crippen LogP contribution in [0.25, 0.3) is 0 Å². The predicted molar refractivity (Wildman–Crippen MR) is 318 cm³/mol. The van der Waals surface area contributed by atoms with E-state index in [1.807, 2.05) is 32.2 Å². The summed E-state index contributed by atoms with van der Waals surface area (Å²) in [6.07, 6.45) is 18.8. The topological polar surface area (TPSA) is 198 Å². The average molecular weight is 1110 g/mol. The maximum atomic E-state index is 16.8. The third kappa shape index (κ3) is 9.24. The normalized spacial score (nSPS) is 45.2. The second-order valence-corrected chi connectivity index (χ2v) is 30.4. The van der Waals surface area contributed by atoms with Crippen LogP contribution in [0.1, 0.15) is 211 Å². The number of aliphatic hydroxyl groups is 4. The number of aliphatic hydroxyl groups excluding tert-OH is 3. The van der Waals surface area contributed by atoms with E-state index >= 15 is 9.59 Å². The van der Waals surface area contributed by atoms with E-state index in [9.17, 15) is 25.5 Å². The molecule has 446 valence electrons. The Bertz CT molecular complexity index is 2730. The standard InChI is InChI=1S/C70H103N3O8/c1-7-8-9-15-46-31-45-21-20-42(38-74)30-51(45)52(34-57(77)62-67(5,81-62)53-19-13-18-50(53)44-16-12-17-48(71)32-44)60-54-22-23-59-66(4)40-68(47-28-43(37-72-6)29-49(76)33-47)26-14-27-69(54,36-58(60)78)70(59,55(46)39-75)35-56-61(66)65(3,63(68)79)25-11-10-24-64(2,80)41-73-56/h12,16-17,28-29,32-33,42,45-46,50-53,55-57,59,61-62,72-77,80H,7-11,13-15,18-27,30-31,34-41,71H2,1-6H3/t42-,45-,46+,50-,51+,52-,53+,55+,56-,57+,59+,61-,62+,64-,65+,66-,67+,68-,69-,70+/m0/s1. The van der Waals surface area contributed by atoms with Crippen molar-refractivity contribution in [1.82, 2.24) is 10.6 Å². The fourth-order valence-corrected chi connectivity index (χ4v) is 23.2. The number of rotatable bonds is 14. The summed E-state index contributed by atoms with van der Waals surface area (Å²) in [5.41, 5.74) is 7.85. The van der Waals surface area contributed by atoms with Gasteiger partial charge in [0.1, 0.15) is 17.6 Å². The summed E-state index contributed by atoms with van der Waals surface area (Å²) in [6.45, 7) is 12.5. The number of nitrogen functional groups attached to an aromatic ring is 1. The monoisotopic (exact) mass is 1110 g/mol. The number of aromatic hydroxyl groups is 1. The van der Waals surface area contributed by atoms with Crippen molar-refractivity contribution < 1.29 is 39.9 Å². The maximum Gasteiger partial charge on any atom is 0.160 e. The van der Waals surface area contributed by atoms with Gasteiger partial charge in [-0.1, -0.05) is 95.9 Å². The molecule has 8 fully saturated rings. The number of allylic oxidation sites excluding steroid dienone is 2. The minimum absolute atomic E-state index is 0.0342. The number of epoxide rings is 1. The Balaban J connectivity index is 1.06. The Hall–Kier alpha value is -3.16. The zero-order valence-electron chi connectivity index (χ0n) is 50.4. The zero-order chi connectivity index (χ0) is 57.1. The van der Waals surface area contributed by atoms with Gasteiger partial charge in [-0.15, -0.1) is 0 Å². The lowest BCUT2D eigenvalue weighted by molar-refractivity contribution is -0.238. The molecule has 12 rings (SSSR count). The largest absolute Gasteiger partial charge is 0.508 e. The number of nitrogens with one attached hydrogen (secondary N) is 2. The third-order valence-electron chi connectivity index (χ3n) is 26.0. The van der Waals surface area contributed by atoms with Crippen molar-refractivity contribution in [2.75, 3.05) is 32.5 Å². The Kier molecular flexibility index (Phi) is 15.6. The van der Waals surface area contributed by atoms with Gasteiger partial charge in [-0.05, 0) is 234 Å². The molecule has 8 aliphatic carbocycles. The van der Waals surface area contributed by atoms with Gasteiger partial charge < -0.3 is 46.6 Å². The van der Waals surface area contributed by atoms with Gasteiger partial charge in [0, 0.05) is 55.3 Å². The number of Topliss-reactive ketones (excluding diaryl/α,β-unsaturated/α-hetero) is 2. The van der Waals surface area contributed by atoms with E-state index in [0.717, 1.165) is 144 Å². The van der Waals surface area contributed by atoms with Crippen molar-refractivity contribution >= 4 is 17.3 Å². The fourth-order valence-electron chi connectivity index (χ4n) is 23.2. The van der Waals surface area contributed by atoms with Gasteiger partial charge in [-0.2, -0.15) is 0 Å². The van der Waals surface area contributed by atoms with E-state index in [1.54, 1.807) is 0 Å². The first-order chi connectivity index (χ1) is 38.8. The number of hydrogen-bond donors (Lipinski definition) is 8. The minimum atomic E-state index is -0.951. The molecule has 9 N–H and O–H groups in total. The molecule has 0 aromatic heterocycles. The summed E-state index contributed by atoms with van der Waals surface area (Å²) in [5.74, 6) is 1.51. The molecular weight excluding hydrogens is 1010 g/mol. The summed E-state index contributed by atoms with van der Waals surface area (Å²) >= 11 is 0. The predicted octanol–water partition coefficient (Wildman–Crippen LogP) is 11.4. The number of benzene rings is 2. The highest BCUT2D eigenvalue weighted by Crippen LogP contribution is 2.81. The second-order valence-electron chi connectivity index (χ2n) is 30.4. The molecule has 0 radical (unpaired) electrons. The summed E-state index contributed by atoms with van der Waals surface area (Å²) in [4.78, 5) is 33.3. The number of carbonyl (C=O) groups is 2. The number of carbonyl (C=O) groups excluding carboxylic acids is 2. The molecule has 2 spiro atoms. The number of anilines is 1. The highest BCUT2D eigenvalue weighted by atomic mass is 16.6. The van der Waals surface area contributed by atoms with Crippen molar-refractivity contribution in [1.29, 1.82) is 0 Å². The first-order valence-electron chi connectivity index (χ1n) is 32.9. The van der Waals surface area contributed by atoms with Crippen LogP contribution in [-0.2, 0) is 26.3 Å². The van der Waals surface area contributed by atoms with Crippen LogP contribution in [0.4, 0.5) is 5.69 Å². The van der Waals surface area contributed by atoms with Crippen molar-refractivity contribution in [2.45, 2.75) is 236 Å². The molecule has 20 atom stereocenters. The van der Waals surface area contributed by atoms with E-state index < -0.39 is 44.4 Å². The number of ether oxygens (including phenoxy) is 1. The Morgan fingerprint density at radius 3 is 2.48 bits per heavy atom. The van der Waals surface area contributed by atoms with Gasteiger partial charge in [0.2, 0.25) is 0 Å². The van der Waals surface area contributed by atoms with Gasteiger partial charge in [0.15, 0.2) is 5.78 Å². The molecule has 2 aliphatic heterocycles. The number of β-amino-alcohol motifs (C(OH)–C–C–N with tert-alkyl or cyclic N) is 1. The molecule has 6 saturated carbocycles. The van der Waals surface area contributed by atoms with E-state index in [0.29, 0.717) is 51.0 Å². The molecular formula is C70H103N3O8. The molecule has 81 heavy (non-hydrogen) atoms. The summed E-state index contributed by atoms with van der Waals surface area (Å²) in [5, 5.41) is 68.6. The lowest BCUT2D eigenvalue weighted by atomic mass is 9.29. The molecule has 2 heterocycles. The van der Waals surface area contributed by atoms with E-state index in [-0.39, 0.29) is 96.1 Å². The number of hydrogen-bond acceptors (Lipinski definition) is 11. The Morgan fingerprint density at radius 2 is 1.72 bits per heavy atom. The van der Waals surface area contributed by atoms with Crippen LogP contribution in [0, 0.1) is 74.9 Å². The van der Waals surface area contributed by atoms with Crippen molar-refractivity contribution in [2.24, 2.45) is 74.9 Å². The number of fused-ring (bicyclic) bond motifs is 2. The van der Waals surface area contributed by atoms with Crippen LogP contribution < -0.4 is 16.4 Å². The van der Waals surface area contributed by atoms with Crippen LogP contribution in [0.5, 0.6) is 5.75 Å². The fraction of sp³-hybridized carbons (Fsp3) is 0.771. The first-order valence-corrected chi connectivity index (χ1v) is 32.9. The van der Waals surface area contributed by atoms with E-state index in [4.69, 9.17) is 10.5 Å².